The van der Waals surface area contributed by atoms with Crippen LogP contribution in [0.15, 0.2) is 11.6 Å². The first-order chi connectivity index (χ1) is 16.1. The van der Waals surface area contributed by atoms with Crippen LogP contribution >= 0.6 is 0 Å². The highest BCUT2D eigenvalue weighted by atomic mass is 16.5. The molecule has 0 aliphatic heterocycles. The van der Waals surface area contributed by atoms with Gasteiger partial charge in [-0.25, -0.2) is 0 Å². The molecule has 4 rings (SSSR count). The summed E-state index contributed by atoms with van der Waals surface area (Å²) >= 11 is 0. The van der Waals surface area contributed by atoms with Gasteiger partial charge in [0.1, 0.15) is 6.10 Å². The second-order valence-electron chi connectivity index (χ2n) is 13.9. The molecule has 0 heterocycles. The van der Waals surface area contributed by atoms with Crippen LogP contribution in [-0.4, -0.2) is 12.1 Å². The second kappa shape index (κ2) is 10.3. The van der Waals surface area contributed by atoms with Gasteiger partial charge in [0, 0.05) is 6.42 Å². The Kier molecular flexibility index (Phi) is 7.96. The zero-order valence-corrected chi connectivity index (χ0v) is 23.5. The predicted molar refractivity (Wildman–Crippen MR) is 142 cm³/mol. The molecule has 4 aliphatic rings. The molecule has 0 radical (unpaired) electrons. The monoisotopic (exact) mass is 470 g/mol. The number of ether oxygens (including phenoxy) is 1. The average Bonchev–Trinajstić information content (AvgIpc) is 3.15. The smallest absolute Gasteiger partial charge is 0.308 e. The number of hydrogen-bond donors (Lipinski definition) is 0. The summed E-state index contributed by atoms with van der Waals surface area (Å²) < 4.78 is 5.97. The fraction of sp³-hybridized carbons (Fsp3) is 0.906. The molecule has 9 atom stereocenters. The number of carbonyl (C=O) groups excluding carboxylic acids is 1. The maximum atomic E-state index is 12.4. The van der Waals surface area contributed by atoms with Gasteiger partial charge in [0.05, 0.1) is 5.92 Å². The molecule has 0 spiro atoms. The lowest BCUT2D eigenvalue weighted by Crippen LogP contribution is -2.51. The van der Waals surface area contributed by atoms with E-state index in [1.807, 2.05) is 6.92 Å². The minimum Gasteiger partial charge on any atom is -0.462 e. The zero-order chi connectivity index (χ0) is 24.7. The van der Waals surface area contributed by atoms with Crippen molar-refractivity contribution in [1.82, 2.24) is 0 Å². The van der Waals surface area contributed by atoms with Crippen molar-refractivity contribution in [2.45, 2.75) is 132 Å². The maximum Gasteiger partial charge on any atom is 0.308 e. The molecule has 0 aromatic heterocycles. The van der Waals surface area contributed by atoms with Gasteiger partial charge >= 0.3 is 5.97 Å². The Morgan fingerprint density at radius 2 is 1.79 bits per heavy atom. The number of esters is 1. The first kappa shape index (κ1) is 26.3. The summed E-state index contributed by atoms with van der Waals surface area (Å²) in [5.74, 6) is 5.32. The number of rotatable bonds is 8. The highest BCUT2D eigenvalue weighted by Crippen LogP contribution is 2.67. The summed E-state index contributed by atoms with van der Waals surface area (Å²) in [7, 11) is 0. The Morgan fingerprint density at radius 1 is 1.03 bits per heavy atom. The Balaban J connectivity index is 1.43. The third-order valence-electron chi connectivity index (χ3n) is 11.6. The summed E-state index contributed by atoms with van der Waals surface area (Å²) in [6.45, 7) is 16.7. The van der Waals surface area contributed by atoms with E-state index in [0.29, 0.717) is 10.8 Å². The van der Waals surface area contributed by atoms with Crippen LogP contribution in [0.4, 0.5) is 0 Å². The molecule has 0 aromatic rings. The van der Waals surface area contributed by atoms with Crippen LogP contribution in [0.25, 0.3) is 0 Å². The molecular formula is C32H54O2. The van der Waals surface area contributed by atoms with Crippen LogP contribution < -0.4 is 0 Å². The SMILES string of the molecule is CCC(C)C(=O)O[C@H]1CC[C@@]2(C)C(=CCC3[C@@H]4CC[C@H](C(C)CCCC(C)C)[C@@]4(C)CC[C@@H]32)C1. The van der Waals surface area contributed by atoms with Gasteiger partial charge in [-0.05, 0) is 97.7 Å². The predicted octanol–water partition coefficient (Wildman–Crippen LogP) is 8.99. The lowest BCUT2D eigenvalue weighted by molar-refractivity contribution is -0.156. The van der Waals surface area contributed by atoms with Crippen molar-refractivity contribution in [1.29, 1.82) is 0 Å². The van der Waals surface area contributed by atoms with Gasteiger partial charge in [0.25, 0.3) is 0 Å². The van der Waals surface area contributed by atoms with Crippen LogP contribution in [0.3, 0.4) is 0 Å². The Labute approximate surface area is 211 Å². The van der Waals surface area contributed by atoms with E-state index in [2.05, 4.69) is 47.6 Å². The van der Waals surface area contributed by atoms with E-state index in [1.54, 1.807) is 5.57 Å². The van der Waals surface area contributed by atoms with Crippen molar-refractivity contribution in [2.75, 3.05) is 0 Å². The van der Waals surface area contributed by atoms with E-state index >= 15 is 0 Å². The molecule has 0 bridgehead atoms. The summed E-state index contributed by atoms with van der Waals surface area (Å²) in [5, 5.41) is 0. The molecule has 3 saturated carbocycles. The lowest BCUT2D eigenvalue weighted by Gasteiger charge is -2.58. The van der Waals surface area contributed by atoms with Gasteiger partial charge in [-0.1, -0.05) is 79.4 Å². The zero-order valence-electron chi connectivity index (χ0n) is 23.5. The van der Waals surface area contributed by atoms with Crippen LogP contribution in [0.5, 0.6) is 0 Å². The highest BCUT2D eigenvalue weighted by molar-refractivity contribution is 5.72. The van der Waals surface area contributed by atoms with Crippen molar-refractivity contribution in [2.24, 2.45) is 52.3 Å². The van der Waals surface area contributed by atoms with E-state index in [9.17, 15) is 4.79 Å². The fourth-order valence-corrected chi connectivity index (χ4v) is 9.20. The Morgan fingerprint density at radius 3 is 2.50 bits per heavy atom. The number of fused-ring (bicyclic) bond motifs is 5. The molecule has 0 saturated heterocycles. The molecule has 2 heteroatoms. The van der Waals surface area contributed by atoms with E-state index in [-0.39, 0.29) is 18.0 Å². The maximum absolute atomic E-state index is 12.4. The van der Waals surface area contributed by atoms with Crippen LogP contribution in [-0.2, 0) is 9.53 Å². The Bertz CT molecular complexity index is 752. The van der Waals surface area contributed by atoms with Gasteiger partial charge in [-0.15, -0.1) is 0 Å². The third kappa shape index (κ3) is 4.78. The largest absolute Gasteiger partial charge is 0.462 e. The molecular weight excluding hydrogens is 416 g/mol. The van der Waals surface area contributed by atoms with Crippen molar-refractivity contribution < 1.29 is 9.53 Å². The summed E-state index contributed by atoms with van der Waals surface area (Å²) in [4.78, 5) is 12.4. The average molecular weight is 471 g/mol. The highest BCUT2D eigenvalue weighted by Gasteiger charge is 2.59. The normalized spacial score (nSPS) is 41.2. The van der Waals surface area contributed by atoms with Gasteiger partial charge in [0.2, 0.25) is 0 Å². The summed E-state index contributed by atoms with van der Waals surface area (Å²) in [5.41, 5.74) is 2.52. The quantitative estimate of drug-likeness (QED) is 0.261. The minimum absolute atomic E-state index is 0.0123. The standard InChI is InChI=1S/C32H54O2/c1-8-22(4)30(33)34-25-16-18-31(6)24(20-25)12-13-26-28-15-14-27(23(5)11-9-10-21(2)3)32(28,7)19-17-29(26)31/h12,21-23,25-29H,8-11,13-20H2,1-7H3/t22?,23?,25-,26?,27+,28-,29-,31-,32+/m0/s1. The first-order valence-electron chi connectivity index (χ1n) is 15.0. The number of allylic oxidation sites excluding steroid dienone is 1. The number of carbonyl (C=O) groups is 1. The van der Waals surface area contributed by atoms with Crippen molar-refractivity contribution in [3.8, 4) is 0 Å². The number of hydrogen-bond acceptors (Lipinski definition) is 2. The van der Waals surface area contributed by atoms with Crippen molar-refractivity contribution >= 4 is 5.97 Å². The van der Waals surface area contributed by atoms with Gasteiger partial charge in [-0.2, -0.15) is 0 Å². The van der Waals surface area contributed by atoms with E-state index in [1.165, 1.54) is 57.8 Å². The van der Waals surface area contributed by atoms with E-state index in [4.69, 9.17) is 4.74 Å². The van der Waals surface area contributed by atoms with Crippen molar-refractivity contribution in [3.63, 3.8) is 0 Å². The third-order valence-corrected chi connectivity index (χ3v) is 11.6. The topological polar surface area (TPSA) is 26.3 Å². The molecule has 0 amide bonds. The van der Waals surface area contributed by atoms with Crippen molar-refractivity contribution in [3.05, 3.63) is 11.6 Å². The molecule has 3 unspecified atom stereocenters. The van der Waals surface area contributed by atoms with Crippen LogP contribution in [0.2, 0.25) is 0 Å². The molecule has 0 aromatic carbocycles. The molecule has 194 valence electrons. The molecule has 34 heavy (non-hydrogen) atoms. The molecule has 4 aliphatic carbocycles. The molecule has 0 N–H and O–H groups in total. The van der Waals surface area contributed by atoms with E-state index in [0.717, 1.165) is 54.8 Å². The van der Waals surface area contributed by atoms with Gasteiger partial charge in [-0.3, -0.25) is 4.79 Å². The Hall–Kier alpha value is -0.790. The minimum atomic E-state index is 0.0123. The summed E-state index contributed by atoms with van der Waals surface area (Å²) in [6, 6.07) is 0. The van der Waals surface area contributed by atoms with Crippen LogP contribution in [0.1, 0.15) is 126 Å². The molecule has 3 fully saturated rings. The second-order valence-corrected chi connectivity index (χ2v) is 13.9. The molecule has 2 nitrogen and oxygen atoms in total. The first-order valence-corrected chi connectivity index (χ1v) is 15.0. The van der Waals surface area contributed by atoms with Crippen LogP contribution in [0, 0.1) is 52.3 Å². The lowest BCUT2D eigenvalue weighted by atomic mass is 9.47. The fourth-order valence-electron chi connectivity index (χ4n) is 9.20. The van der Waals surface area contributed by atoms with E-state index < -0.39 is 0 Å². The summed E-state index contributed by atoms with van der Waals surface area (Å²) in [6.07, 6.45) is 18.1. The van der Waals surface area contributed by atoms with Gasteiger partial charge < -0.3 is 4.74 Å². The van der Waals surface area contributed by atoms with Gasteiger partial charge in [0.15, 0.2) is 0 Å².